The van der Waals surface area contributed by atoms with Gasteiger partial charge in [-0.25, -0.2) is 0 Å². The lowest BCUT2D eigenvalue weighted by Crippen LogP contribution is -2.22. The van der Waals surface area contributed by atoms with E-state index in [9.17, 15) is 0 Å². The number of para-hydroxylation sites is 1. The van der Waals surface area contributed by atoms with Crippen molar-refractivity contribution in [3.05, 3.63) is 23.8 Å². The lowest BCUT2D eigenvalue weighted by Gasteiger charge is -2.19. The van der Waals surface area contributed by atoms with E-state index < -0.39 is 0 Å². The van der Waals surface area contributed by atoms with Crippen LogP contribution in [0.4, 0.5) is 0 Å². The molecule has 1 aliphatic rings. The Morgan fingerprint density at radius 1 is 1.19 bits per heavy atom. The number of benzene rings is 1. The fraction of sp³-hybridized carbons (Fsp3) is 0.667. The topological polar surface area (TPSA) is 44.5 Å². The summed E-state index contributed by atoms with van der Waals surface area (Å²) in [5.41, 5.74) is 7.29. The van der Waals surface area contributed by atoms with Crippen molar-refractivity contribution in [2.45, 2.75) is 58.4 Å². The molecule has 2 N–H and O–H groups in total. The van der Waals surface area contributed by atoms with E-state index in [1.807, 2.05) is 19.1 Å². The molecule has 3 nitrogen and oxygen atoms in total. The van der Waals surface area contributed by atoms with Crippen LogP contribution < -0.4 is 15.2 Å². The zero-order chi connectivity index (χ0) is 15.1. The summed E-state index contributed by atoms with van der Waals surface area (Å²) >= 11 is 0. The molecule has 0 radical (unpaired) electrons. The molecule has 0 amide bonds. The predicted octanol–water partition coefficient (Wildman–Crippen LogP) is 3.93. The molecule has 1 aromatic rings. The van der Waals surface area contributed by atoms with Crippen LogP contribution in [0.15, 0.2) is 18.2 Å². The minimum absolute atomic E-state index is 0.177. The molecular formula is C18H29NO2. The highest BCUT2D eigenvalue weighted by molar-refractivity contribution is 5.47. The van der Waals surface area contributed by atoms with Gasteiger partial charge in [0, 0.05) is 6.04 Å². The highest BCUT2D eigenvalue weighted by Crippen LogP contribution is 2.34. The van der Waals surface area contributed by atoms with Gasteiger partial charge in [-0.3, -0.25) is 0 Å². The summed E-state index contributed by atoms with van der Waals surface area (Å²) in [6.45, 7) is 5.59. The van der Waals surface area contributed by atoms with E-state index in [-0.39, 0.29) is 6.04 Å². The Morgan fingerprint density at radius 2 is 1.95 bits per heavy atom. The first-order chi connectivity index (χ1) is 10.2. The number of hydrogen-bond donors (Lipinski definition) is 1. The van der Waals surface area contributed by atoms with Gasteiger partial charge in [0.25, 0.3) is 0 Å². The van der Waals surface area contributed by atoms with Gasteiger partial charge in [0.15, 0.2) is 11.5 Å². The van der Waals surface area contributed by atoms with Gasteiger partial charge in [-0.2, -0.15) is 0 Å². The summed E-state index contributed by atoms with van der Waals surface area (Å²) in [7, 11) is 0. The Kier molecular flexibility index (Phi) is 6.37. The third kappa shape index (κ3) is 4.63. The highest BCUT2D eigenvalue weighted by Gasteiger charge is 2.18. The van der Waals surface area contributed by atoms with Crippen LogP contribution in [0.1, 0.15) is 51.5 Å². The average Bonchev–Trinajstić information content (AvgIpc) is 3.00. The van der Waals surface area contributed by atoms with E-state index in [1.165, 1.54) is 31.2 Å². The maximum Gasteiger partial charge on any atom is 0.164 e. The van der Waals surface area contributed by atoms with Gasteiger partial charge in [0.05, 0.1) is 13.2 Å². The first-order valence-corrected chi connectivity index (χ1v) is 8.37. The van der Waals surface area contributed by atoms with Crippen molar-refractivity contribution >= 4 is 0 Å². The minimum Gasteiger partial charge on any atom is -0.490 e. The molecule has 0 bridgehead atoms. The SMILES string of the molecule is CCOc1cccc(CC(N)CC)c1OCC1CCCC1. The van der Waals surface area contributed by atoms with Gasteiger partial charge in [-0.1, -0.05) is 31.9 Å². The smallest absolute Gasteiger partial charge is 0.164 e. The Hall–Kier alpha value is -1.22. The van der Waals surface area contributed by atoms with Crippen molar-refractivity contribution in [2.24, 2.45) is 11.7 Å². The lowest BCUT2D eigenvalue weighted by atomic mass is 10.0. The monoisotopic (exact) mass is 291 g/mol. The third-order valence-electron chi connectivity index (χ3n) is 4.30. The molecule has 1 aromatic carbocycles. The molecule has 0 spiro atoms. The normalized spacial score (nSPS) is 16.9. The Morgan fingerprint density at radius 3 is 2.62 bits per heavy atom. The second kappa shape index (κ2) is 8.28. The molecule has 1 saturated carbocycles. The van der Waals surface area contributed by atoms with Gasteiger partial charge < -0.3 is 15.2 Å². The molecule has 0 saturated heterocycles. The maximum absolute atomic E-state index is 6.17. The second-order valence-electron chi connectivity index (χ2n) is 6.01. The molecule has 1 fully saturated rings. The van der Waals surface area contributed by atoms with E-state index in [4.69, 9.17) is 15.2 Å². The van der Waals surface area contributed by atoms with Crippen LogP contribution in [0.2, 0.25) is 0 Å². The van der Waals surface area contributed by atoms with Crippen molar-refractivity contribution in [1.82, 2.24) is 0 Å². The van der Waals surface area contributed by atoms with Crippen molar-refractivity contribution in [3.8, 4) is 11.5 Å². The second-order valence-corrected chi connectivity index (χ2v) is 6.01. The van der Waals surface area contributed by atoms with Gasteiger partial charge in [-0.15, -0.1) is 0 Å². The van der Waals surface area contributed by atoms with Gasteiger partial charge in [0.1, 0.15) is 0 Å². The zero-order valence-electron chi connectivity index (χ0n) is 13.4. The third-order valence-corrected chi connectivity index (χ3v) is 4.30. The average molecular weight is 291 g/mol. The molecular weight excluding hydrogens is 262 g/mol. The van der Waals surface area contributed by atoms with Gasteiger partial charge in [-0.05, 0) is 50.2 Å². The molecule has 0 aliphatic heterocycles. The number of ether oxygens (including phenoxy) is 2. The number of hydrogen-bond acceptors (Lipinski definition) is 3. The van der Waals surface area contributed by atoms with E-state index in [2.05, 4.69) is 13.0 Å². The van der Waals surface area contributed by atoms with Crippen molar-refractivity contribution in [3.63, 3.8) is 0 Å². The van der Waals surface area contributed by atoms with Crippen LogP contribution >= 0.6 is 0 Å². The first kappa shape index (κ1) is 16.2. The van der Waals surface area contributed by atoms with Crippen molar-refractivity contribution in [2.75, 3.05) is 13.2 Å². The Balaban J connectivity index is 2.11. The standard InChI is InChI=1S/C18H29NO2/c1-3-16(19)12-15-10-7-11-17(20-4-2)18(15)21-13-14-8-5-6-9-14/h7,10-11,14,16H,3-6,8-9,12-13,19H2,1-2H3. The van der Waals surface area contributed by atoms with Crippen LogP contribution in [-0.2, 0) is 6.42 Å². The van der Waals surface area contributed by atoms with E-state index in [0.717, 1.165) is 30.9 Å². The number of rotatable bonds is 8. The quantitative estimate of drug-likeness (QED) is 0.789. The predicted molar refractivity (Wildman–Crippen MR) is 87.0 cm³/mol. The highest BCUT2D eigenvalue weighted by atomic mass is 16.5. The summed E-state index contributed by atoms with van der Waals surface area (Å²) in [4.78, 5) is 0. The minimum atomic E-state index is 0.177. The van der Waals surface area contributed by atoms with Crippen LogP contribution in [0.25, 0.3) is 0 Å². The molecule has 1 unspecified atom stereocenters. The summed E-state index contributed by atoms with van der Waals surface area (Å²) in [6, 6.07) is 6.32. The lowest BCUT2D eigenvalue weighted by molar-refractivity contribution is 0.231. The van der Waals surface area contributed by atoms with Crippen LogP contribution in [0, 0.1) is 5.92 Å². The van der Waals surface area contributed by atoms with Gasteiger partial charge in [0.2, 0.25) is 0 Å². The summed E-state index contributed by atoms with van der Waals surface area (Å²) in [5, 5.41) is 0. The van der Waals surface area contributed by atoms with Crippen LogP contribution in [-0.4, -0.2) is 19.3 Å². The van der Waals surface area contributed by atoms with Crippen molar-refractivity contribution in [1.29, 1.82) is 0 Å². The zero-order valence-corrected chi connectivity index (χ0v) is 13.4. The fourth-order valence-corrected chi connectivity index (χ4v) is 2.96. The fourth-order valence-electron chi connectivity index (χ4n) is 2.96. The molecule has 0 heterocycles. The maximum atomic E-state index is 6.17. The molecule has 1 atom stereocenters. The van der Waals surface area contributed by atoms with Crippen molar-refractivity contribution < 1.29 is 9.47 Å². The van der Waals surface area contributed by atoms with E-state index in [1.54, 1.807) is 0 Å². The van der Waals surface area contributed by atoms with Gasteiger partial charge >= 0.3 is 0 Å². The summed E-state index contributed by atoms with van der Waals surface area (Å²) in [6.07, 6.45) is 7.09. The van der Waals surface area contributed by atoms with Crippen LogP contribution in [0.5, 0.6) is 11.5 Å². The first-order valence-electron chi connectivity index (χ1n) is 8.37. The largest absolute Gasteiger partial charge is 0.490 e. The molecule has 21 heavy (non-hydrogen) atoms. The Labute approximate surface area is 128 Å². The molecule has 118 valence electrons. The molecule has 0 aromatic heterocycles. The van der Waals surface area contributed by atoms with E-state index >= 15 is 0 Å². The summed E-state index contributed by atoms with van der Waals surface area (Å²) < 4.78 is 11.9. The summed E-state index contributed by atoms with van der Waals surface area (Å²) in [5.74, 6) is 2.47. The Bertz CT molecular complexity index is 427. The molecule has 1 aliphatic carbocycles. The molecule has 2 rings (SSSR count). The molecule has 3 heteroatoms. The van der Waals surface area contributed by atoms with E-state index in [0.29, 0.717) is 12.5 Å². The number of nitrogens with two attached hydrogens (primary N) is 1. The van der Waals surface area contributed by atoms with Crippen LogP contribution in [0.3, 0.4) is 0 Å².